The fourth-order valence-electron chi connectivity index (χ4n) is 1.86. The zero-order chi connectivity index (χ0) is 16.9. The predicted octanol–water partition coefficient (Wildman–Crippen LogP) is 2.75. The summed E-state index contributed by atoms with van der Waals surface area (Å²) in [5, 5.41) is 28.3. The molecular weight excluding hydrogens is 291 g/mol. The van der Waals surface area contributed by atoms with E-state index < -0.39 is 23.6 Å². The van der Waals surface area contributed by atoms with Gasteiger partial charge in [0.05, 0.1) is 17.7 Å². The van der Waals surface area contributed by atoms with Crippen LogP contribution in [0, 0.1) is 17.1 Å². The predicted molar refractivity (Wildman–Crippen MR) is 75.4 cm³/mol. The van der Waals surface area contributed by atoms with Gasteiger partial charge in [-0.05, 0) is 51.0 Å². The second-order valence-corrected chi connectivity index (χ2v) is 5.74. The summed E-state index contributed by atoms with van der Waals surface area (Å²) >= 11 is 0. The lowest BCUT2D eigenvalue weighted by atomic mass is 10.0. The Morgan fingerprint density at radius 3 is 2.59 bits per heavy atom. The van der Waals surface area contributed by atoms with Crippen molar-refractivity contribution < 1.29 is 24.2 Å². The Hall–Kier alpha value is -2.17. The number of aliphatic hydroxyl groups is 1. The third-order valence-corrected chi connectivity index (χ3v) is 2.71. The number of benzene rings is 1. The molecule has 0 saturated heterocycles. The van der Waals surface area contributed by atoms with Crippen molar-refractivity contribution in [1.29, 1.82) is 5.26 Å². The Morgan fingerprint density at radius 1 is 1.45 bits per heavy atom. The highest BCUT2D eigenvalue weighted by Crippen LogP contribution is 2.26. The molecule has 0 spiro atoms. The average molecular weight is 310 g/mol. The first-order valence-corrected chi connectivity index (χ1v) is 6.70. The van der Waals surface area contributed by atoms with Gasteiger partial charge in [0.15, 0.2) is 0 Å². The molecule has 1 aromatic carbocycles. The molecule has 1 aromatic rings. The molecule has 1 unspecified atom stereocenters. The maximum atomic E-state index is 13.5. The fourth-order valence-corrected chi connectivity index (χ4v) is 1.86. The van der Waals surface area contributed by atoms with E-state index in [1.807, 2.05) is 0 Å². The molecule has 22 heavy (non-hydrogen) atoms. The molecule has 0 aliphatic carbocycles. The van der Waals surface area contributed by atoms with Gasteiger partial charge in [-0.1, -0.05) is 0 Å². The van der Waals surface area contributed by atoms with E-state index in [4.69, 9.17) is 15.1 Å². The number of carbonyl (C=O) groups is 1. The lowest BCUT2D eigenvalue weighted by Crippen LogP contribution is -2.37. The molecule has 0 fully saturated rings. The molecule has 0 aliphatic rings. The van der Waals surface area contributed by atoms with Crippen molar-refractivity contribution in [3.63, 3.8) is 0 Å². The summed E-state index contributed by atoms with van der Waals surface area (Å²) in [5.74, 6) is -0.672. The van der Waals surface area contributed by atoms with Gasteiger partial charge in [0.25, 0.3) is 0 Å². The minimum absolute atomic E-state index is 0.0376. The van der Waals surface area contributed by atoms with Crippen LogP contribution in [0.25, 0.3) is 0 Å². The zero-order valence-electron chi connectivity index (χ0n) is 12.7. The zero-order valence-corrected chi connectivity index (χ0v) is 12.7. The monoisotopic (exact) mass is 310 g/mol. The topological polar surface area (TPSA) is 93.8 Å². The molecule has 0 aliphatic heterocycles. The van der Waals surface area contributed by atoms with Crippen molar-refractivity contribution in [2.24, 2.45) is 0 Å². The van der Waals surface area contributed by atoms with Gasteiger partial charge in [-0.15, -0.1) is 0 Å². The number of nitriles is 1. The maximum absolute atomic E-state index is 13.5. The van der Waals surface area contributed by atoms with Crippen molar-refractivity contribution in [1.82, 2.24) is 5.06 Å². The van der Waals surface area contributed by atoms with Crippen molar-refractivity contribution >= 4 is 6.09 Å². The van der Waals surface area contributed by atoms with Gasteiger partial charge in [-0.2, -0.15) is 10.3 Å². The summed E-state index contributed by atoms with van der Waals surface area (Å²) in [6.07, 6.45) is -1.06. The van der Waals surface area contributed by atoms with Crippen LogP contribution in [0.2, 0.25) is 0 Å². The molecule has 0 heterocycles. The Kier molecular flexibility index (Phi) is 5.85. The summed E-state index contributed by atoms with van der Waals surface area (Å²) < 4.78 is 18.6. The first-order chi connectivity index (χ1) is 10.2. The highest BCUT2D eigenvalue weighted by atomic mass is 19.1. The Balaban J connectivity index is 3.10. The van der Waals surface area contributed by atoms with E-state index in [2.05, 4.69) is 0 Å². The molecule has 120 valence electrons. The minimum Gasteiger partial charge on any atom is -0.442 e. The number of nitrogens with zero attached hydrogens (tertiary/aromatic N) is 2. The molecule has 1 amide bonds. The summed E-state index contributed by atoms with van der Waals surface area (Å²) in [6, 6.07) is 4.24. The van der Waals surface area contributed by atoms with Crippen LogP contribution in [-0.4, -0.2) is 33.7 Å². The normalized spacial score (nSPS) is 12.4. The second-order valence-electron chi connectivity index (χ2n) is 5.74. The minimum atomic E-state index is -1.03. The molecule has 7 heteroatoms. The second kappa shape index (κ2) is 7.20. The molecule has 6 nitrogen and oxygen atoms in total. The van der Waals surface area contributed by atoms with Gasteiger partial charge >= 0.3 is 6.09 Å². The van der Waals surface area contributed by atoms with Gasteiger partial charge in [0.1, 0.15) is 11.4 Å². The third kappa shape index (κ3) is 4.98. The summed E-state index contributed by atoms with van der Waals surface area (Å²) in [7, 11) is 0. The van der Waals surface area contributed by atoms with Crippen LogP contribution < -0.4 is 0 Å². The molecule has 2 N–H and O–H groups in total. The highest BCUT2D eigenvalue weighted by Gasteiger charge is 2.28. The Morgan fingerprint density at radius 2 is 2.09 bits per heavy atom. The number of carbonyl (C=O) groups excluding carboxylic acids is 1. The number of halogens is 1. The number of rotatable bonds is 4. The number of amides is 1. The van der Waals surface area contributed by atoms with Crippen molar-refractivity contribution in [2.75, 3.05) is 6.61 Å². The van der Waals surface area contributed by atoms with E-state index in [0.717, 1.165) is 12.1 Å². The third-order valence-electron chi connectivity index (χ3n) is 2.71. The average Bonchev–Trinajstić information content (AvgIpc) is 2.41. The van der Waals surface area contributed by atoms with E-state index in [1.54, 1.807) is 26.8 Å². The summed E-state index contributed by atoms with van der Waals surface area (Å²) in [5.41, 5.74) is -0.573. The first-order valence-electron chi connectivity index (χ1n) is 6.70. The molecule has 0 aromatic heterocycles. The van der Waals surface area contributed by atoms with Gasteiger partial charge in [0.2, 0.25) is 0 Å². The number of ether oxygens (including phenoxy) is 1. The molecule has 1 rings (SSSR count). The lowest BCUT2D eigenvalue weighted by molar-refractivity contribution is -0.125. The summed E-state index contributed by atoms with van der Waals surface area (Å²) in [6.45, 7) is 4.56. The van der Waals surface area contributed by atoms with Crippen molar-refractivity contribution in [2.45, 2.75) is 38.8 Å². The molecule has 1 atom stereocenters. The van der Waals surface area contributed by atoms with Crippen LogP contribution in [0.15, 0.2) is 18.2 Å². The van der Waals surface area contributed by atoms with Crippen molar-refractivity contribution in [3.05, 3.63) is 35.1 Å². The maximum Gasteiger partial charge on any atom is 0.434 e. The van der Waals surface area contributed by atoms with Crippen LogP contribution >= 0.6 is 0 Å². The van der Waals surface area contributed by atoms with Gasteiger partial charge in [-0.25, -0.2) is 9.18 Å². The fraction of sp³-hybridized carbons (Fsp3) is 0.467. The van der Waals surface area contributed by atoms with Gasteiger partial charge < -0.3 is 9.84 Å². The Bertz CT molecular complexity index is 578. The van der Waals surface area contributed by atoms with E-state index >= 15 is 0 Å². The number of aliphatic hydroxyl groups excluding tert-OH is 1. The highest BCUT2D eigenvalue weighted by molar-refractivity contribution is 5.67. The van der Waals surface area contributed by atoms with Crippen LogP contribution in [0.5, 0.6) is 0 Å². The van der Waals surface area contributed by atoms with Crippen LogP contribution in [-0.2, 0) is 4.74 Å². The van der Waals surface area contributed by atoms with E-state index in [9.17, 15) is 14.4 Å². The van der Waals surface area contributed by atoms with Gasteiger partial charge in [-0.3, -0.25) is 5.21 Å². The number of hydrogen-bond donors (Lipinski definition) is 2. The van der Waals surface area contributed by atoms with E-state index in [0.29, 0.717) is 5.06 Å². The number of hydroxylamine groups is 2. The molecule has 0 bridgehead atoms. The SMILES string of the molecule is CC(C)(C)OC(=O)N(O)C(CCO)c1cc(F)cc(C#N)c1. The van der Waals surface area contributed by atoms with Gasteiger partial charge in [0, 0.05) is 6.61 Å². The van der Waals surface area contributed by atoms with Crippen LogP contribution in [0.1, 0.15) is 44.4 Å². The van der Waals surface area contributed by atoms with Crippen LogP contribution in [0.3, 0.4) is 0 Å². The first kappa shape index (κ1) is 17.9. The van der Waals surface area contributed by atoms with Crippen LogP contribution in [0.4, 0.5) is 9.18 Å². The lowest BCUT2D eigenvalue weighted by Gasteiger charge is -2.29. The standard InChI is InChI=1S/C15H19FN2O4/c1-15(2,3)22-14(20)18(21)13(4-5-19)11-6-10(9-17)7-12(16)8-11/h6-8,13,19,21H,4-5H2,1-3H3. The smallest absolute Gasteiger partial charge is 0.434 e. The van der Waals surface area contributed by atoms with Crippen molar-refractivity contribution in [3.8, 4) is 6.07 Å². The van der Waals surface area contributed by atoms with E-state index in [-0.39, 0.29) is 24.2 Å². The molecular formula is C15H19FN2O4. The largest absolute Gasteiger partial charge is 0.442 e. The summed E-state index contributed by atoms with van der Waals surface area (Å²) in [4.78, 5) is 11.9. The molecule has 0 saturated carbocycles. The molecule has 0 radical (unpaired) electrons. The van der Waals surface area contributed by atoms with E-state index in [1.165, 1.54) is 6.07 Å². The quantitative estimate of drug-likeness (QED) is 0.659. The Labute approximate surface area is 128 Å². The number of hydrogen-bond acceptors (Lipinski definition) is 5.